The predicted molar refractivity (Wildman–Crippen MR) is 120 cm³/mol. The van der Waals surface area contributed by atoms with Gasteiger partial charge in [-0.25, -0.2) is 0 Å². The lowest BCUT2D eigenvalue weighted by Crippen LogP contribution is -2.52. The van der Waals surface area contributed by atoms with Gasteiger partial charge in [0, 0.05) is 51.9 Å². The van der Waals surface area contributed by atoms with Crippen molar-refractivity contribution in [2.45, 2.75) is 27.3 Å². The fourth-order valence-corrected chi connectivity index (χ4v) is 3.47. The smallest absolute Gasteiger partial charge is 0.227 e. The summed E-state index contributed by atoms with van der Waals surface area (Å²) in [5, 5.41) is 6.09. The summed E-state index contributed by atoms with van der Waals surface area (Å²) in [6.07, 6.45) is 0. The highest BCUT2D eigenvalue weighted by Crippen LogP contribution is 2.25. The molecule has 1 fully saturated rings. The maximum atomic E-state index is 12.1. The van der Waals surface area contributed by atoms with Crippen molar-refractivity contribution in [3.63, 3.8) is 0 Å². The normalized spacial score (nSPS) is 15.7. The molecular weight excluding hydrogens is 382 g/mol. The van der Waals surface area contributed by atoms with Crippen molar-refractivity contribution in [1.29, 1.82) is 0 Å². The van der Waals surface area contributed by atoms with Crippen LogP contribution in [0.15, 0.2) is 23.2 Å². The van der Waals surface area contributed by atoms with Gasteiger partial charge in [-0.3, -0.25) is 14.7 Å². The third kappa shape index (κ3) is 6.26. The van der Waals surface area contributed by atoms with E-state index in [4.69, 9.17) is 14.5 Å². The van der Waals surface area contributed by atoms with Crippen LogP contribution >= 0.6 is 0 Å². The Hall–Kier alpha value is -2.48. The number of nitrogens with zero attached hydrogens (tertiary/aromatic N) is 3. The summed E-state index contributed by atoms with van der Waals surface area (Å²) in [6, 6.07) is 5.91. The maximum absolute atomic E-state index is 12.1. The Kier molecular flexibility index (Phi) is 8.77. The van der Waals surface area contributed by atoms with Crippen LogP contribution in [0.3, 0.4) is 0 Å². The second kappa shape index (κ2) is 11.1. The zero-order chi connectivity index (χ0) is 22.1. The molecule has 2 N–H and O–H groups in total. The van der Waals surface area contributed by atoms with Crippen molar-refractivity contribution in [2.24, 2.45) is 10.4 Å². The SMILES string of the molecule is CCNC(=NCC(C)(C)C(=O)NC)N1CCN(Cc2cc(OC)ccc2OC)CC1. The van der Waals surface area contributed by atoms with Crippen LogP contribution in [-0.4, -0.2) is 82.2 Å². The van der Waals surface area contributed by atoms with Gasteiger partial charge >= 0.3 is 0 Å². The molecule has 1 aliphatic heterocycles. The predicted octanol–water partition coefficient (Wildman–Crippen LogP) is 1.56. The van der Waals surface area contributed by atoms with Crippen LogP contribution in [0.4, 0.5) is 0 Å². The van der Waals surface area contributed by atoms with Crippen LogP contribution in [0.2, 0.25) is 0 Å². The Balaban J connectivity index is 2.00. The Labute approximate surface area is 180 Å². The van der Waals surface area contributed by atoms with Crippen LogP contribution in [0, 0.1) is 5.41 Å². The monoisotopic (exact) mass is 419 g/mol. The highest BCUT2D eigenvalue weighted by atomic mass is 16.5. The minimum atomic E-state index is -0.542. The van der Waals surface area contributed by atoms with Crippen molar-refractivity contribution >= 4 is 11.9 Å². The fraction of sp³-hybridized carbons (Fsp3) is 0.636. The molecule has 8 nitrogen and oxygen atoms in total. The van der Waals surface area contributed by atoms with Gasteiger partial charge in [-0.05, 0) is 39.0 Å². The molecular formula is C22H37N5O3. The number of methoxy groups -OCH3 is 2. The first-order chi connectivity index (χ1) is 14.3. The summed E-state index contributed by atoms with van der Waals surface area (Å²) in [4.78, 5) is 21.5. The highest BCUT2D eigenvalue weighted by molar-refractivity contribution is 5.83. The largest absolute Gasteiger partial charge is 0.497 e. The number of benzene rings is 1. The molecule has 8 heteroatoms. The first kappa shape index (κ1) is 23.8. The third-order valence-electron chi connectivity index (χ3n) is 5.35. The second-order valence-corrected chi connectivity index (χ2v) is 8.07. The van der Waals surface area contributed by atoms with E-state index in [1.807, 2.05) is 32.0 Å². The lowest BCUT2D eigenvalue weighted by Gasteiger charge is -2.37. The summed E-state index contributed by atoms with van der Waals surface area (Å²) >= 11 is 0. The molecule has 168 valence electrons. The number of ether oxygens (including phenoxy) is 2. The van der Waals surface area contributed by atoms with E-state index in [-0.39, 0.29) is 5.91 Å². The molecule has 0 spiro atoms. The topological polar surface area (TPSA) is 78.4 Å². The molecule has 1 aliphatic rings. The number of piperazine rings is 1. The van der Waals surface area contributed by atoms with Gasteiger partial charge in [0.05, 0.1) is 26.2 Å². The van der Waals surface area contributed by atoms with Crippen molar-refractivity contribution in [1.82, 2.24) is 20.4 Å². The van der Waals surface area contributed by atoms with E-state index in [9.17, 15) is 4.79 Å². The summed E-state index contributed by atoms with van der Waals surface area (Å²) in [7, 11) is 5.04. The molecule has 1 heterocycles. The molecule has 30 heavy (non-hydrogen) atoms. The zero-order valence-corrected chi connectivity index (χ0v) is 19.2. The number of guanidine groups is 1. The molecule has 1 aromatic rings. The van der Waals surface area contributed by atoms with E-state index in [0.29, 0.717) is 6.54 Å². The van der Waals surface area contributed by atoms with Gasteiger partial charge in [0.15, 0.2) is 5.96 Å². The number of carbonyl (C=O) groups is 1. The lowest BCUT2D eigenvalue weighted by molar-refractivity contribution is -0.128. The quantitative estimate of drug-likeness (QED) is 0.492. The molecule has 0 saturated carbocycles. The van der Waals surface area contributed by atoms with Crippen molar-refractivity contribution in [3.8, 4) is 11.5 Å². The van der Waals surface area contributed by atoms with Crippen LogP contribution in [0.25, 0.3) is 0 Å². The van der Waals surface area contributed by atoms with Gasteiger partial charge in [0.1, 0.15) is 11.5 Å². The second-order valence-electron chi connectivity index (χ2n) is 8.07. The van der Waals surface area contributed by atoms with Gasteiger partial charge in [-0.1, -0.05) is 0 Å². The first-order valence-electron chi connectivity index (χ1n) is 10.5. The Morgan fingerprint density at radius 2 is 1.87 bits per heavy atom. The lowest BCUT2D eigenvalue weighted by atomic mass is 9.93. The van der Waals surface area contributed by atoms with Crippen LogP contribution in [0.1, 0.15) is 26.3 Å². The summed E-state index contributed by atoms with van der Waals surface area (Å²) in [6.45, 7) is 11.5. The van der Waals surface area contributed by atoms with E-state index < -0.39 is 5.41 Å². The van der Waals surface area contributed by atoms with Crippen molar-refractivity contribution in [2.75, 3.05) is 60.5 Å². The average molecular weight is 420 g/mol. The summed E-state index contributed by atoms with van der Waals surface area (Å²) in [5.41, 5.74) is 0.582. The first-order valence-corrected chi connectivity index (χ1v) is 10.5. The zero-order valence-electron chi connectivity index (χ0n) is 19.2. The fourth-order valence-electron chi connectivity index (χ4n) is 3.47. The molecule has 0 radical (unpaired) electrons. The molecule has 2 rings (SSSR count). The Bertz CT molecular complexity index is 727. The standard InChI is InChI=1S/C22H37N5O3/c1-7-24-21(25-16-22(2,3)20(28)23-4)27-12-10-26(11-13-27)15-17-14-18(29-5)8-9-19(17)30-6/h8-9,14H,7,10-13,15-16H2,1-6H3,(H,23,28)(H,24,25). The number of carbonyl (C=O) groups excluding carboxylic acids is 1. The molecule has 1 aromatic carbocycles. The van der Waals surface area contributed by atoms with Crippen LogP contribution < -0.4 is 20.1 Å². The van der Waals surface area contributed by atoms with Crippen LogP contribution in [0.5, 0.6) is 11.5 Å². The molecule has 1 saturated heterocycles. The summed E-state index contributed by atoms with van der Waals surface area (Å²) in [5.74, 6) is 2.58. The van der Waals surface area contributed by atoms with Gasteiger partial charge in [0.25, 0.3) is 0 Å². The molecule has 0 bridgehead atoms. The number of rotatable bonds is 8. The molecule has 0 unspecified atom stereocenters. The maximum Gasteiger partial charge on any atom is 0.227 e. The molecule has 1 amide bonds. The molecule has 0 aromatic heterocycles. The van der Waals surface area contributed by atoms with E-state index >= 15 is 0 Å². The van der Waals surface area contributed by atoms with E-state index in [1.165, 1.54) is 0 Å². The number of nitrogens with one attached hydrogen (secondary N) is 2. The van der Waals surface area contributed by atoms with Gasteiger partial charge < -0.3 is 25.0 Å². The minimum Gasteiger partial charge on any atom is -0.497 e. The van der Waals surface area contributed by atoms with E-state index in [1.54, 1.807) is 21.3 Å². The van der Waals surface area contributed by atoms with Gasteiger partial charge in [-0.2, -0.15) is 0 Å². The number of hydrogen-bond donors (Lipinski definition) is 2. The number of amides is 1. The molecule has 0 aliphatic carbocycles. The minimum absolute atomic E-state index is 0.000783. The van der Waals surface area contributed by atoms with Crippen molar-refractivity contribution < 1.29 is 14.3 Å². The van der Waals surface area contributed by atoms with Gasteiger partial charge in [-0.15, -0.1) is 0 Å². The Morgan fingerprint density at radius 1 is 1.17 bits per heavy atom. The Morgan fingerprint density at radius 3 is 2.43 bits per heavy atom. The number of hydrogen-bond acceptors (Lipinski definition) is 5. The summed E-state index contributed by atoms with van der Waals surface area (Å²) < 4.78 is 10.9. The average Bonchev–Trinajstić information content (AvgIpc) is 2.76. The third-order valence-corrected chi connectivity index (χ3v) is 5.35. The van der Waals surface area contributed by atoms with E-state index in [2.05, 4.69) is 27.4 Å². The van der Waals surface area contributed by atoms with E-state index in [0.717, 1.165) is 62.3 Å². The highest BCUT2D eigenvalue weighted by Gasteiger charge is 2.27. The van der Waals surface area contributed by atoms with Crippen LogP contribution in [-0.2, 0) is 11.3 Å². The van der Waals surface area contributed by atoms with Gasteiger partial charge in [0.2, 0.25) is 5.91 Å². The van der Waals surface area contributed by atoms with Crippen molar-refractivity contribution in [3.05, 3.63) is 23.8 Å². The number of aliphatic imine (C=N–C) groups is 1. The molecule has 0 atom stereocenters.